The number of ether oxygens (including phenoxy) is 4. The standard InChI is InChI=1S/C28H30N2O6/c1-5-14-34-23-11-8-22(9-12-23)28(32)36-25-13-7-21(16-26(25)33-4)17-29-30-27(31)18-35-24-10-6-19(2)20(3)15-24/h6-13,15-17H,5,14,18H2,1-4H3,(H,30,31)/b29-17+. The van der Waals surface area contributed by atoms with E-state index >= 15 is 0 Å². The van der Waals surface area contributed by atoms with Gasteiger partial charge in [-0.05, 0) is 91.6 Å². The molecule has 0 aliphatic carbocycles. The molecule has 3 aromatic carbocycles. The monoisotopic (exact) mass is 490 g/mol. The van der Waals surface area contributed by atoms with Gasteiger partial charge < -0.3 is 18.9 Å². The molecule has 0 radical (unpaired) electrons. The van der Waals surface area contributed by atoms with E-state index in [1.54, 1.807) is 42.5 Å². The molecule has 1 N–H and O–H groups in total. The Morgan fingerprint density at radius 1 is 0.889 bits per heavy atom. The van der Waals surface area contributed by atoms with Crippen LogP contribution in [0.15, 0.2) is 65.8 Å². The van der Waals surface area contributed by atoms with E-state index in [0.29, 0.717) is 35.0 Å². The normalized spacial score (nSPS) is 10.7. The van der Waals surface area contributed by atoms with Gasteiger partial charge in [0.2, 0.25) is 0 Å². The van der Waals surface area contributed by atoms with E-state index in [9.17, 15) is 9.59 Å². The first kappa shape index (κ1) is 26.3. The summed E-state index contributed by atoms with van der Waals surface area (Å²) < 4.78 is 21.9. The topological polar surface area (TPSA) is 95.5 Å². The minimum Gasteiger partial charge on any atom is -0.494 e. The van der Waals surface area contributed by atoms with E-state index in [2.05, 4.69) is 10.5 Å². The minimum atomic E-state index is -0.521. The predicted octanol–water partition coefficient (Wildman–Crippen LogP) is 4.85. The van der Waals surface area contributed by atoms with Crippen LogP contribution < -0.4 is 24.4 Å². The molecule has 0 aliphatic heterocycles. The van der Waals surface area contributed by atoms with E-state index in [0.717, 1.165) is 17.5 Å². The summed E-state index contributed by atoms with van der Waals surface area (Å²) in [6, 6.07) is 17.3. The summed E-state index contributed by atoms with van der Waals surface area (Å²) in [5.74, 6) is 1.00. The number of benzene rings is 3. The molecule has 0 saturated heterocycles. The van der Waals surface area contributed by atoms with Crippen molar-refractivity contribution in [1.29, 1.82) is 0 Å². The molecule has 0 saturated carbocycles. The Morgan fingerprint density at radius 3 is 2.33 bits per heavy atom. The van der Waals surface area contributed by atoms with E-state index in [1.165, 1.54) is 13.3 Å². The molecule has 188 valence electrons. The second-order valence-electron chi connectivity index (χ2n) is 8.00. The fraction of sp³-hybridized carbons (Fsp3) is 0.250. The number of methoxy groups -OCH3 is 1. The maximum atomic E-state index is 12.5. The van der Waals surface area contributed by atoms with Crippen LogP contribution in [0, 0.1) is 13.8 Å². The van der Waals surface area contributed by atoms with Crippen LogP contribution in [0.5, 0.6) is 23.0 Å². The number of nitrogens with one attached hydrogen (secondary N) is 1. The molecule has 3 aromatic rings. The Morgan fingerprint density at radius 2 is 1.64 bits per heavy atom. The highest BCUT2D eigenvalue weighted by atomic mass is 16.6. The van der Waals surface area contributed by atoms with E-state index in [-0.39, 0.29) is 12.4 Å². The molecular weight excluding hydrogens is 460 g/mol. The van der Waals surface area contributed by atoms with Gasteiger partial charge in [-0.2, -0.15) is 5.10 Å². The summed E-state index contributed by atoms with van der Waals surface area (Å²) in [4.78, 5) is 24.6. The van der Waals surface area contributed by atoms with E-state index in [1.807, 2.05) is 39.0 Å². The number of hydrazone groups is 1. The number of esters is 1. The third-order valence-corrected chi connectivity index (χ3v) is 5.20. The van der Waals surface area contributed by atoms with Gasteiger partial charge in [-0.25, -0.2) is 10.2 Å². The molecule has 0 aromatic heterocycles. The number of rotatable bonds is 11. The molecule has 8 nitrogen and oxygen atoms in total. The zero-order valence-electron chi connectivity index (χ0n) is 20.9. The molecule has 0 bridgehead atoms. The van der Waals surface area contributed by atoms with Crippen LogP contribution in [0.3, 0.4) is 0 Å². The Labute approximate surface area is 210 Å². The molecule has 36 heavy (non-hydrogen) atoms. The first-order valence-electron chi connectivity index (χ1n) is 11.5. The summed E-state index contributed by atoms with van der Waals surface area (Å²) in [5, 5.41) is 3.95. The number of aryl methyl sites for hydroxylation is 2. The van der Waals surface area contributed by atoms with Gasteiger partial charge in [0.05, 0.1) is 25.5 Å². The largest absolute Gasteiger partial charge is 0.494 e. The van der Waals surface area contributed by atoms with Gasteiger partial charge in [-0.15, -0.1) is 0 Å². The zero-order chi connectivity index (χ0) is 25.9. The first-order chi connectivity index (χ1) is 17.4. The van der Waals surface area contributed by atoms with Crippen molar-refractivity contribution in [1.82, 2.24) is 5.43 Å². The second kappa shape index (κ2) is 12.9. The van der Waals surface area contributed by atoms with E-state index < -0.39 is 11.9 Å². The van der Waals surface area contributed by atoms with Crippen LogP contribution in [-0.2, 0) is 4.79 Å². The van der Waals surface area contributed by atoms with E-state index in [4.69, 9.17) is 18.9 Å². The van der Waals surface area contributed by atoms with Crippen LogP contribution in [0.2, 0.25) is 0 Å². The molecule has 3 rings (SSSR count). The lowest BCUT2D eigenvalue weighted by atomic mass is 10.1. The maximum absolute atomic E-state index is 12.5. The fourth-order valence-electron chi connectivity index (χ4n) is 3.08. The molecule has 0 unspecified atom stereocenters. The molecule has 0 heterocycles. The van der Waals surface area contributed by atoms with Gasteiger partial charge in [0.25, 0.3) is 5.91 Å². The second-order valence-corrected chi connectivity index (χ2v) is 8.00. The van der Waals surface area contributed by atoms with Crippen LogP contribution in [-0.4, -0.2) is 38.4 Å². The minimum absolute atomic E-state index is 0.163. The Balaban J connectivity index is 1.54. The highest BCUT2D eigenvalue weighted by molar-refractivity contribution is 5.92. The SMILES string of the molecule is CCCOc1ccc(C(=O)Oc2ccc(/C=N/NC(=O)COc3ccc(C)c(C)c3)cc2OC)cc1. The van der Waals surface area contributed by atoms with Crippen LogP contribution in [0.4, 0.5) is 0 Å². The van der Waals surface area contributed by atoms with Crippen molar-refractivity contribution in [2.45, 2.75) is 27.2 Å². The first-order valence-corrected chi connectivity index (χ1v) is 11.5. The van der Waals surface area contributed by atoms with Gasteiger partial charge >= 0.3 is 5.97 Å². The van der Waals surface area contributed by atoms with Gasteiger partial charge in [0.1, 0.15) is 11.5 Å². The van der Waals surface area contributed by atoms with Crippen molar-refractivity contribution in [2.75, 3.05) is 20.3 Å². The number of carbonyl (C=O) groups is 2. The number of carbonyl (C=O) groups excluding carboxylic acids is 2. The van der Waals surface area contributed by atoms with Crippen molar-refractivity contribution >= 4 is 18.1 Å². The molecule has 1 amide bonds. The molecule has 0 aliphatic rings. The van der Waals surface area contributed by atoms with Gasteiger partial charge in [0.15, 0.2) is 18.1 Å². The highest BCUT2D eigenvalue weighted by Crippen LogP contribution is 2.28. The highest BCUT2D eigenvalue weighted by Gasteiger charge is 2.13. The lowest BCUT2D eigenvalue weighted by molar-refractivity contribution is -0.123. The van der Waals surface area contributed by atoms with Crippen molar-refractivity contribution in [3.05, 3.63) is 82.9 Å². The summed E-state index contributed by atoms with van der Waals surface area (Å²) in [7, 11) is 1.47. The fourth-order valence-corrected chi connectivity index (χ4v) is 3.08. The number of nitrogens with zero attached hydrogens (tertiary/aromatic N) is 1. The molecular formula is C28H30N2O6. The molecule has 8 heteroatoms. The number of amides is 1. The molecule has 0 spiro atoms. The summed E-state index contributed by atoms with van der Waals surface area (Å²) in [5.41, 5.74) is 5.68. The molecule has 0 fully saturated rings. The summed E-state index contributed by atoms with van der Waals surface area (Å²) in [6.07, 6.45) is 2.36. The third kappa shape index (κ3) is 7.59. The van der Waals surface area contributed by atoms with Crippen LogP contribution >= 0.6 is 0 Å². The Hall–Kier alpha value is -4.33. The van der Waals surface area contributed by atoms with Crippen molar-refractivity contribution in [3.8, 4) is 23.0 Å². The number of hydrogen-bond donors (Lipinski definition) is 1. The predicted molar refractivity (Wildman–Crippen MR) is 137 cm³/mol. The zero-order valence-corrected chi connectivity index (χ0v) is 20.9. The smallest absolute Gasteiger partial charge is 0.343 e. The van der Waals surface area contributed by atoms with Gasteiger partial charge in [-0.3, -0.25) is 4.79 Å². The van der Waals surface area contributed by atoms with Gasteiger partial charge in [-0.1, -0.05) is 13.0 Å². The maximum Gasteiger partial charge on any atom is 0.343 e. The lowest BCUT2D eigenvalue weighted by Crippen LogP contribution is -2.24. The summed E-state index contributed by atoms with van der Waals surface area (Å²) in [6.45, 7) is 6.46. The van der Waals surface area contributed by atoms with Crippen molar-refractivity contribution in [2.24, 2.45) is 5.10 Å². The van der Waals surface area contributed by atoms with Crippen molar-refractivity contribution < 1.29 is 28.5 Å². The molecule has 0 atom stereocenters. The van der Waals surface area contributed by atoms with Crippen LogP contribution in [0.1, 0.15) is 40.4 Å². The Kier molecular flexibility index (Phi) is 9.45. The lowest BCUT2D eigenvalue weighted by Gasteiger charge is -2.10. The van der Waals surface area contributed by atoms with Gasteiger partial charge in [0, 0.05) is 0 Å². The summed E-state index contributed by atoms with van der Waals surface area (Å²) >= 11 is 0. The third-order valence-electron chi connectivity index (χ3n) is 5.20. The average Bonchev–Trinajstić information content (AvgIpc) is 2.89. The average molecular weight is 491 g/mol. The van der Waals surface area contributed by atoms with Crippen LogP contribution in [0.25, 0.3) is 0 Å². The Bertz CT molecular complexity index is 1220. The van der Waals surface area contributed by atoms with Crippen molar-refractivity contribution in [3.63, 3.8) is 0 Å². The quantitative estimate of drug-likeness (QED) is 0.179. The number of hydrogen-bond acceptors (Lipinski definition) is 7.